The molecule has 0 bridgehead atoms. The van der Waals surface area contributed by atoms with Crippen LogP contribution in [-0.2, 0) is 9.53 Å². The molecule has 0 aromatic rings. The Kier molecular flexibility index (Phi) is 2.76. The summed E-state index contributed by atoms with van der Waals surface area (Å²) in [7, 11) is 0. The molecular formula is C15H22O2. The lowest BCUT2D eigenvalue weighted by atomic mass is 9.52. The van der Waals surface area contributed by atoms with Crippen LogP contribution in [0.15, 0.2) is 11.6 Å². The normalized spacial score (nSPS) is 40.2. The predicted molar refractivity (Wildman–Crippen MR) is 66.5 cm³/mol. The minimum absolute atomic E-state index is 0.0819. The maximum atomic E-state index is 11.4. The first kappa shape index (κ1) is 11.3. The van der Waals surface area contributed by atoms with Gasteiger partial charge in [0.1, 0.15) is 5.60 Å². The van der Waals surface area contributed by atoms with Gasteiger partial charge in [0.05, 0.1) is 0 Å². The van der Waals surface area contributed by atoms with Crippen molar-refractivity contribution in [3.05, 3.63) is 11.6 Å². The summed E-state index contributed by atoms with van der Waals surface area (Å²) < 4.78 is 5.85. The average molecular weight is 234 g/mol. The Bertz CT molecular complexity index is 358. The molecule has 0 unspecified atom stereocenters. The summed E-state index contributed by atoms with van der Waals surface area (Å²) in [5, 5.41) is 0. The molecule has 17 heavy (non-hydrogen) atoms. The fraction of sp³-hybridized carbons (Fsp3) is 0.800. The van der Waals surface area contributed by atoms with E-state index in [9.17, 15) is 4.79 Å². The smallest absolute Gasteiger partial charge is 0.303 e. The fourth-order valence-electron chi connectivity index (χ4n) is 4.39. The summed E-state index contributed by atoms with van der Waals surface area (Å²) in [5.74, 6) is 1.03. The molecule has 0 saturated heterocycles. The maximum Gasteiger partial charge on any atom is 0.303 e. The van der Waals surface area contributed by atoms with E-state index in [2.05, 4.69) is 6.08 Å². The average Bonchev–Trinajstić information content (AvgIpc) is 2.47. The Morgan fingerprint density at radius 2 is 2.00 bits per heavy atom. The number of hydrogen-bond acceptors (Lipinski definition) is 2. The minimum atomic E-state index is -0.103. The second kappa shape index (κ2) is 4.15. The van der Waals surface area contributed by atoms with Gasteiger partial charge in [0.15, 0.2) is 0 Å². The fourth-order valence-corrected chi connectivity index (χ4v) is 4.39. The van der Waals surface area contributed by atoms with E-state index in [1.54, 1.807) is 12.5 Å². The topological polar surface area (TPSA) is 26.3 Å². The zero-order valence-electron chi connectivity index (χ0n) is 10.7. The van der Waals surface area contributed by atoms with Crippen molar-refractivity contribution in [2.45, 2.75) is 63.9 Å². The molecule has 0 aromatic carbocycles. The molecule has 3 aliphatic carbocycles. The highest BCUT2D eigenvalue weighted by Crippen LogP contribution is 2.60. The number of ether oxygens (including phenoxy) is 1. The van der Waals surface area contributed by atoms with Gasteiger partial charge in [-0.25, -0.2) is 0 Å². The second-order valence-electron chi connectivity index (χ2n) is 5.89. The Hall–Kier alpha value is -0.790. The Morgan fingerprint density at radius 3 is 2.76 bits per heavy atom. The van der Waals surface area contributed by atoms with Gasteiger partial charge in [-0.15, -0.1) is 0 Å². The van der Waals surface area contributed by atoms with Gasteiger partial charge < -0.3 is 4.74 Å². The van der Waals surface area contributed by atoms with Gasteiger partial charge in [-0.05, 0) is 38.5 Å². The van der Waals surface area contributed by atoms with Crippen LogP contribution in [0.4, 0.5) is 0 Å². The van der Waals surface area contributed by atoms with Gasteiger partial charge in [0, 0.05) is 18.8 Å². The molecule has 0 aliphatic heterocycles. The standard InChI is InChI=1S/C15H22O2/c1-11(16)17-15-10-6-2-3-8-13(15)12-7-4-5-9-14(12)15/h7,13-14H,2-6,8-10H2,1H3/t13-,14+,15+/m1/s1. The lowest BCUT2D eigenvalue weighted by Gasteiger charge is -2.58. The van der Waals surface area contributed by atoms with Crippen molar-refractivity contribution < 1.29 is 9.53 Å². The van der Waals surface area contributed by atoms with Crippen molar-refractivity contribution in [2.75, 3.05) is 0 Å². The van der Waals surface area contributed by atoms with E-state index in [0.29, 0.717) is 11.8 Å². The highest BCUT2D eigenvalue weighted by atomic mass is 16.6. The van der Waals surface area contributed by atoms with Crippen molar-refractivity contribution in [3.8, 4) is 0 Å². The van der Waals surface area contributed by atoms with Crippen LogP contribution in [-0.4, -0.2) is 11.6 Å². The third-order valence-corrected chi connectivity index (χ3v) is 4.96. The quantitative estimate of drug-likeness (QED) is 0.512. The van der Waals surface area contributed by atoms with Crippen LogP contribution in [0, 0.1) is 11.8 Å². The van der Waals surface area contributed by atoms with Crippen molar-refractivity contribution >= 4 is 5.97 Å². The number of carbonyl (C=O) groups is 1. The maximum absolute atomic E-state index is 11.4. The number of carbonyl (C=O) groups excluding carboxylic acids is 1. The molecule has 0 radical (unpaired) electrons. The zero-order chi connectivity index (χ0) is 11.9. The monoisotopic (exact) mass is 234 g/mol. The van der Waals surface area contributed by atoms with Gasteiger partial charge in [0.25, 0.3) is 0 Å². The molecule has 0 spiro atoms. The van der Waals surface area contributed by atoms with E-state index < -0.39 is 0 Å². The van der Waals surface area contributed by atoms with Crippen LogP contribution in [0.1, 0.15) is 58.3 Å². The highest BCUT2D eigenvalue weighted by Gasteiger charge is 2.60. The molecule has 0 heterocycles. The van der Waals surface area contributed by atoms with Gasteiger partial charge in [-0.1, -0.05) is 24.5 Å². The van der Waals surface area contributed by atoms with E-state index in [1.165, 1.54) is 44.9 Å². The van der Waals surface area contributed by atoms with Gasteiger partial charge in [-0.2, -0.15) is 0 Å². The molecule has 94 valence electrons. The van der Waals surface area contributed by atoms with Crippen LogP contribution in [0.25, 0.3) is 0 Å². The molecule has 0 N–H and O–H groups in total. The number of allylic oxidation sites excluding steroid dienone is 1. The molecule has 2 saturated carbocycles. The summed E-state index contributed by atoms with van der Waals surface area (Å²) in [6.45, 7) is 1.57. The van der Waals surface area contributed by atoms with Crippen LogP contribution in [0.2, 0.25) is 0 Å². The first-order chi connectivity index (χ1) is 8.24. The summed E-state index contributed by atoms with van der Waals surface area (Å²) in [6, 6.07) is 0. The van der Waals surface area contributed by atoms with Crippen molar-refractivity contribution in [1.82, 2.24) is 0 Å². The molecule has 2 nitrogen and oxygen atoms in total. The molecule has 2 fully saturated rings. The first-order valence-corrected chi connectivity index (χ1v) is 7.13. The molecular weight excluding hydrogens is 212 g/mol. The SMILES string of the molecule is CC(=O)O[C@@]12CCCCC[C@@H]1C1=CCCC[C@@H]12. The Labute approximate surface area is 103 Å². The molecule has 2 heteroatoms. The van der Waals surface area contributed by atoms with Gasteiger partial charge in [0.2, 0.25) is 0 Å². The lowest BCUT2D eigenvalue weighted by molar-refractivity contribution is -0.185. The van der Waals surface area contributed by atoms with Crippen LogP contribution < -0.4 is 0 Å². The second-order valence-corrected chi connectivity index (χ2v) is 5.89. The van der Waals surface area contributed by atoms with Crippen LogP contribution >= 0.6 is 0 Å². The van der Waals surface area contributed by atoms with E-state index in [1.807, 2.05) is 0 Å². The Balaban J connectivity index is 1.91. The number of hydrogen-bond donors (Lipinski definition) is 0. The molecule has 3 atom stereocenters. The van der Waals surface area contributed by atoms with E-state index in [0.717, 1.165) is 6.42 Å². The summed E-state index contributed by atoms with van der Waals surface area (Å²) in [5.41, 5.74) is 1.52. The van der Waals surface area contributed by atoms with E-state index >= 15 is 0 Å². The molecule has 0 amide bonds. The largest absolute Gasteiger partial charge is 0.458 e. The summed E-state index contributed by atoms with van der Waals surface area (Å²) in [6.07, 6.45) is 12.3. The van der Waals surface area contributed by atoms with Crippen molar-refractivity contribution in [3.63, 3.8) is 0 Å². The molecule has 0 aromatic heterocycles. The zero-order valence-corrected chi connectivity index (χ0v) is 10.7. The minimum Gasteiger partial charge on any atom is -0.458 e. The number of rotatable bonds is 1. The van der Waals surface area contributed by atoms with Gasteiger partial charge in [-0.3, -0.25) is 4.79 Å². The van der Waals surface area contributed by atoms with Gasteiger partial charge >= 0.3 is 5.97 Å². The Morgan fingerprint density at radius 1 is 1.24 bits per heavy atom. The number of fused-ring (bicyclic) bond motifs is 4. The third kappa shape index (κ3) is 1.64. The summed E-state index contributed by atoms with van der Waals surface area (Å²) >= 11 is 0. The lowest BCUT2D eigenvalue weighted by Crippen LogP contribution is -2.60. The molecule has 3 aliphatic rings. The van der Waals surface area contributed by atoms with E-state index in [-0.39, 0.29) is 11.6 Å². The number of esters is 1. The van der Waals surface area contributed by atoms with Crippen LogP contribution in [0.5, 0.6) is 0 Å². The predicted octanol–water partition coefficient (Wildman–Crippen LogP) is 3.61. The highest BCUT2D eigenvalue weighted by molar-refractivity contribution is 5.67. The van der Waals surface area contributed by atoms with Crippen molar-refractivity contribution in [1.29, 1.82) is 0 Å². The summed E-state index contributed by atoms with van der Waals surface area (Å²) in [4.78, 5) is 11.4. The first-order valence-electron chi connectivity index (χ1n) is 7.13. The third-order valence-electron chi connectivity index (χ3n) is 4.96. The van der Waals surface area contributed by atoms with E-state index in [4.69, 9.17) is 4.74 Å². The van der Waals surface area contributed by atoms with Crippen LogP contribution in [0.3, 0.4) is 0 Å². The van der Waals surface area contributed by atoms with Crippen molar-refractivity contribution in [2.24, 2.45) is 11.8 Å². The molecule has 3 rings (SSSR count).